The molecule has 0 saturated carbocycles. The van der Waals surface area contributed by atoms with E-state index in [-0.39, 0.29) is 11.5 Å². The summed E-state index contributed by atoms with van der Waals surface area (Å²) < 4.78 is 8.26. The van der Waals surface area contributed by atoms with Crippen molar-refractivity contribution in [2.75, 3.05) is 20.2 Å². The Morgan fingerprint density at radius 1 is 1.23 bits per heavy atom. The molecule has 1 aliphatic rings. The molecule has 182 valence electrons. The van der Waals surface area contributed by atoms with Crippen LogP contribution in [0.25, 0.3) is 6.08 Å². The molecule has 0 radical (unpaired) electrons. The fraction of sp³-hybridized carbons (Fsp3) is 0.269. The summed E-state index contributed by atoms with van der Waals surface area (Å²) in [6.07, 6.45) is 1.83. The van der Waals surface area contributed by atoms with Crippen molar-refractivity contribution in [2.24, 2.45) is 4.99 Å². The topological polar surface area (TPSA) is 63.9 Å². The van der Waals surface area contributed by atoms with Crippen LogP contribution in [0, 0.1) is 0 Å². The number of hydrogen-bond acceptors (Lipinski definition) is 5. The maximum Gasteiger partial charge on any atom is 0.271 e. The van der Waals surface area contributed by atoms with Crippen LogP contribution in [0.15, 0.2) is 68.0 Å². The van der Waals surface area contributed by atoms with Crippen LogP contribution in [0.2, 0.25) is 5.02 Å². The van der Waals surface area contributed by atoms with Gasteiger partial charge in [-0.1, -0.05) is 41.1 Å². The number of halogens is 2. The first-order chi connectivity index (χ1) is 16.8. The third kappa shape index (κ3) is 4.87. The van der Waals surface area contributed by atoms with Crippen molar-refractivity contribution in [3.05, 3.63) is 94.0 Å². The molecule has 9 heteroatoms. The molecular formula is C26H25BrClN3O3S. The third-order valence-corrected chi connectivity index (χ3v) is 7.82. The molecule has 4 rings (SSSR count). The second kappa shape index (κ2) is 10.5. The van der Waals surface area contributed by atoms with E-state index in [0.717, 1.165) is 15.6 Å². The van der Waals surface area contributed by atoms with Crippen molar-refractivity contribution in [1.82, 2.24) is 9.47 Å². The van der Waals surface area contributed by atoms with Crippen molar-refractivity contribution in [3.63, 3.8) is 0 Å². The van der Waals surface area contributed by atoms with E-state index >= 15 is 0 Å². The molecule has 0 spiro atoms. The van der Waals surface area contributed by atoms with Gasteiger partial charge in [0.2, 0.25) is 0 Å². The van der Waals surface area contributed by atoms with Crippen LogP contribution in [0.3, 0.4) is 0 Å². The molecule has 6 nitrogen and oxygen atoms in total. The number of thiazole rings is 1. The summed E-state index contributed by atoms with van der Waals surface area (Å²) in [4.78, 5) is 34.3. The summed E-state index contributed by atoms with van der Waals surface area (Å²) in [5.74, 6) is 0.589. The van der Waals surface area contributed by atoms with Crippen LogP contribution in [0.4, 0.5) is 0 Å². The van der Waals surface area contributed by atoms with Gasteiger partial charge in [0.15, 0.2) is 4.80 Å². The lowest BCUT2D eigenvalue weighted by Gasteiger charge is -2.29. The van der Waals surface area contributed by atoms with Crippen molar-refractivity contribution >= 4 is 50.9 Å². The summed E-state index contributed by atoms with van der Waals surface area (Å²) in [6.45, 7) is 6.84. The molecule has 1 amide bonds. The van der Waals surface area contributed by atoms with Gasteiger partial charge in [0.05, 0.1) is 33.4 Å². The number of aromatic nitrogens is 1. The zero-order chi connectivity index (χ0) is 25.3. The Balaban J connectivity index is 1.93. The van der Waals surface area contributed by atoms with Crippen LogP contribution >= 0.6 is 38.9 Å². The van der Waals surface area contributed by atoms with E-state index in [0.29, 0.717) is 44.5 Å². The first kappa shape index (κ1) is 25.4. The van der Waals surface area contributed by atoms with Gasteiger partial charge in [-0.2, -0.15) is 0 Å². The highest BCUT2D eigenvalue weighted by Gasteiger charge is 2.34. The second-order valence-corrected chi connectivity index (χ2v) is 10.3. The largest absolute Gasteiger partial charge is 0.496 e. The number of rotatable bonds is 6. The number of carbonyl (C=O) groups is 1. The lowest BCUT2D eigenvalue weighted by Crippen LogP contribution is -2.43. The Bertz CT molecular complexity index is 1490. The van der Waals surface area contributed by atoms with Crippen LogP contribution in [0.1, 0.15) is 37.9 Å². The minimum Gasteiger partial charge on any atom is -0.496 e. The average Bonchev–Trinajstić information content (AvgIpc) is 3.14. The summed E-state index contributed by atoms with van der Waals surface area (Å²) in [6, 6.07) is 12.3. The van der Waals surface area contributed by atoms with Crippen LogP contribution < -0.4 is 19.6 Å². The number of nitrogens with zero attached hydrogens (tertiary/aromatic N) is 3. The standard InChI is InChI=1S/C26H25BrClN3O3S/c1-5-30(6-2)25(33)22-15(3)29-26-31(23(22)17-8-10-18(28)11-9-17)24(32)21(35-26)14-16-7-12-20(34-4)19(27)13-16/h7-14,23H,5-6H2,1-4H3/b21-14+/t23-/m0/s1. The Kier molecular flexibility index (Phi) is 7.64. The SMILES string of the molecule is CCN(CC)C(=O)C1=C(C)N=c2s/c(=C/c3ccc(OC)c(Br)c3)c(=O)n2[C@H]1c1ccc(Cl)cc1. The van der Waals surface area contributed by atoms with E-state index in [1.807, 2.05) is 57.2 Å². The molecule has 0 saturated heterocycles. The molecular weight excluding hydrogens is 550 g/mol. The fourth-order valence-electron chi connectivity index (χ4n) is 4.16. The third-order valence-electron chi connectivity index (χ3n) is 5.96. The molecule has 35 heavy (non-hydrogen) atoms. The number of benzene rings is 2. The van der Waals surface area contributed by atoms with Gasteiger partial charge in [-0.15, -0.1) is 0 Å². The zero-order valence-corrected chi connectivity index (χ0v) is 23.0. The van der Waals surface area contributed by atoms with Crippen molar-refractivity contribution in [3.8, 4) is 5.75 Å². The molecule has 1 atom stereocenters. The molecule has 3 aromatic rings. The van der Waals surface area contributed by atoms with E-state index in [4.69, 9.17) is 21.3 Å². The van der Waals surface area contributed by atoms with Gasteiger partial charge in [-0.3, -0.25) is 14.2 Å². The van der Waals surface area contributed by atoms with E-state index < -0.39 is 6.04 Å². The molecule has 2 aromatic carbocycles. The number of fused-ring (bicyclic) bond motifs is 1. The van der Waals surface area contributed by atoms with Gasteiger partial charge in [0, 0.05) is 18.1 Å². The Labute approximate surface area is 221 Å². The molecule has 1 aliphatic heterocycles. The molecule has 0 N–H and O–H groups in total. The zero-order valence-electron chi connectivity index (χ0n) is 19.8. The first-order valence-corrected chi connectivity index (χ1v) is 13.2. The van der Waals surface area contributed by atoms with E-state index in [2.05, 4.69) is 15.9 Å². The number of hydrogen-bond donors (Lipinski definition) is 0. The Hall–Kier alpha value is -2.68. The van der Waals surface area contributed by atoms with Gasteiger partial charge in [0.1, 0.15) is 5.75 Å². The van der Waals surface area contributed by atoms with Crippen molar-refractivity contribution in [2.45, 2.75) is 26.8 Å². The highest BCUT2D eigenvalue weighted by Crippen LogP contribution is 2.32. The van der Waals surface area contributed by atoms with Crippen LogP contribution in [-0.2, 0) is 4.79 Å². The van der Waals surface area contributed by atoms with Crippen molar-refractivity contribution < 1.29 is 9.53 Å². The number of ether oxygens (including phenoxy) is 1. The van der Waals surface area contributed by atoms with Gasteiger partial charge in [0.25, 0.3) is 11.5 Å². The number of carbonyl (C=O) groups excluding carboxylic acids is 1. The first-order valence-electron chi connectivity index (χ1n) is 11.2. The van der Waals surface area contributed by atoms with Crippen molar-refractivity contribution in [1.29, 1.82) is 0 Å². The Morgan fingerprint density at radius 2 is 1.91 bits per heavy atom. The lowest BCUT2D eigenvalue weighted by atomic mass is 9.94. The van der Waals surface area contributed by atoms with Gasteiger partial charge >= 0.3 is 0 Å². The maximum absolute atomic E-state index is 13.7. The predicted octanol–water partition coefficient (Wildman–Crippen LogP) is 4.53. The number of likely N-dealkylation sites (N-methyl/N-ethyl adjacent to an activating group) is 1. The number of methoxy groups -OCH3 is 1. The van der Waals surface area contributed by atoms with Crippen LogP contribution in [0.5, 0.6) is 5.75 Å². The molecule has 0 aliphatic carbocycles. The fourth-order valence-corrected chi connectivity index (χ4v) is 5.89. The highest BCUT2D eigenvalue weighted by molar-refractivity contribution is 9.10. The number of amides is 1. The van der Waals surface area contributed by atoms with E-state index in [1.54, 1.807) is 28.7 Å². The highest BCUT2D eigenvalue weighted by atomic mass is 79.9. The smallest absolute Gasteiger partial charge is 0.271 e. The van der Waals surface area contributed by atoms with Gasteiger partial charge in [-0.05, 0) is 78.2 Å². The summed E-state index contributed by atoms with van der Waals surface area (Å²) in [7, 11) is 1.61. The minimum atomic E-state index is -0.596. The minimum absolute atomic E-state index is 0.121. The second-order valence-electron chi connectivity index (χ2n) is 8.00. The van der Waals surface area contributed by atoms with E-state index in [9.17, 15) is 9.59 Å². The molecule has 0 unspecified atom stereocenters. The molecule has 0 bridgehead atoms. The summed E-state index contributed by atoms with van der Waals surface area (Å²) in [5, 5.41) is 0.587. The average molecular weight is 575 g/mol. The number of allylic oxidation sites excluding steroid dienone is 1. The summed E-state index contributed by atoms with van der Waals surface area (Å²) in [5.41, 5.74) is 2.57. The van der Waals surface area contributed by atoms with Gasteiger partial charge < -0.3 is 9.64 Å². The predicted molar refractivity (Wildman–Crippen MR) is 144 cm³/mol. The maximum atomic E-state index is 13.7. The van der Waals surface area contributed by atoms with Gasteiger partial charge in [-0.25, -0.2) is 4.99 Å². The lowest BCUT2D eigenvalue weighted by molar-refractivity contribution is -0.127. The molecule has 1 aromatic heterocycles. The molecule has 2 heterocycles. The molecule has 0 fully saturated rings. The van der Waals surface area contributed by atoms with E-state index in [1.165, 1.54) is 11.3 Å². The summed E-state index contributed by atoms with van der Waals surface area (Å²) >= 11 is 10.9. The Morgan fingerprint density at radius 3 is 2.51 bits per heavy atom. The normalized spacial score (nSPS) is 15.6. The monoisotopic (exact) mass is 573 g/mol. The quantitative estimate of drug-likeness (QED) is 0.435. The van der Waals surface area contributed by atoms with Crippen LogP contribution in [-0.4, -0.2) is 35.6 Å².